The molecule has 0 saturated carbocycles. The predicted octanol–water partition coefficient (Wildman–Crippen LogP) is 2.34. The lowest BCUT2D eigenvalue weighted by atomic mass is 9.99. The number of Topliss-reactive ketones (excluding diaryl/α,β-unsaturated/α-hetero) is 1. The summed E-state index contributed by atoms with van der Waals surface area (Å²) in [6, 6.07) is 5.20. The quantitative estimate of drug-likeness (QED) is 0.556. The Morgan fingerprint density at radius 2 is 2.00 bits per heavy atom. The van der Waals surface area contributed by atoms with E-state index in [2.05, 4.69) is 10.6 Å². The maximum atomic E-state index is 13.5. The summed E-state index contributed by atoms with van der Waals surface area (Å²) in [5, 5.41) is 13.9. The van der Waals surface area contributed by atoms with Crippen molar-refractivity contribution in [3.8, 4) is 6.07 Å². The molecule has 0 bridgehead atoms. The number of carbonyl (C=O) groups is 3. The lowest BCUT2D eigenvalue weighted by molar-refractivity contribution is -0.126. The SMILES string of the molecule is Cc1c(C(=O)C(=O)NC2(C)COC2)c(Cl)c(C(=O)Nc2ccc(F)c(C#N)c2)n1C. The highest BCUT2D eigenvalue weighted by Gasteiger charge is 2.38. The van der Waals surface area contributed by atoms with Gasteiger partial charge < -0.3 is 19.9 Å². The van der Waals surface area contributed by atoms with Crippen molar-refractivity contribution in [3.63, 3.8) is 0 Å². The molecule has 1 aromatic heterocycles. The number of hydrogen-bond acceptors (Lipinski definition) is 5. The van der Waals surface area contributed by atoms with E-state index < -0.39 is 29.0 Å². The van der Waals surface area contributed by atoms with Gasteiger partial charge in [0.2, 0.25) is 0 Å². The van der Waals surface area contributed by atoms with Crippen LogP contribution in [0.1, 0.15) is 39.0 Å². The van der Waals surface area contributed by atoms with Crippen molar-refractivity contribution < 1.29 is 23.5 Å². The third-order valence-corrected chi connectivity index (χ3v) is 5.25. The number of halogens is 2. The molecule has 0 radical (unpaired) electrons. The molecule has 2 heterocycles. The van der Waals surface area contributed by atoms with Gasteiger partial charge >= 0.3 is 0 Å². The molecule has 10 heteroatoms. The molecule has 0 atom stereocenters. The Morgan fingerprint density at radius 3 is 2.57 bits per heavy atom. The highest BCUT2D eigenvalue weighted by atomic mass is 35.5. The zero-order chi connectivity index (χ0) is 22.2. The zero-order valence-corrected chi connectivity index (χ0v) is 17.2. The van der Waals surface area contributed by atoms with Gasteiger partial charge in [-0.15, -0.1) is 0 Å². The summed E-state index contributed by atoms with van der Waals surface area (Å²) in [6.45, 7) is 3.90. The lowest BCUT2D eigenvalue weighted by Crippen LogP contribution is -2.61. The number of ketones is 1. The van der Waals surface area contributed by atoms with Crippen LogP contribution in [0, 0.1) is 24.1 Å². The number of rotatable bonds is 5. The number of aromatic nitrogens is 1. The predicted molar refractivity (Wildman–Crippen MR) is 106 cm³/mol. The Morgan fingerprint density at radius 1 is 1.33 bits per heavy atom. The maximum Gasteiger partial charge on any atom is 0.293 e. The minimum atomic E-state index is -0.867. The first-order valence-electron chi connectivity index (χ1n) is 8.88. The van der Waals surface area contributed by atoms with Gasteiger partial charge in [0.1, 0.15) is 17.6 Å². The number of nitriles is 1. The van der Waals surface area contributed by atoms with E-state index in [0.717, 1.165) is 6.07 Å². The Bertz CT molecular complexity index is 1110. The van der Waals surface area contributed by atoms with Crippen molar-refractivity contribution in [2.45, 2.75) is 19.4 Å². The van der Waals surface area contributed by atoms with E-state index in [4.69, 9.17) is 21.6 Å². The van der Waals surface area contributed by atoms with Gasteiger partial charge in [-0.1, -0.05) is 11.6 Å². The van der Waals surface area contributed by atoms with Crippen LogP contribution >= 0.6 is 11.6 Å². The Balaban J connectivity index is 1.88. The molecule has 2 amide bonds. The summed E-state index contributed by atoms with van der Waals surface area (Å²) in [5.41, 5.74) is -0.478. The molecule has 1 saturated heterocycles. The molecule has 2 aromatic rings. The fourth-order valence-electron chi connectivity index (χ4n) is 3.08. The molecular weight excluding hydrogens is 415 g/mol. The first kappa shape index (κ1) is 21.5. The number of nitrogens with one attached hydrogen (secondary N) is 2. The largest absolute Gasteiger partial charge is 0.376 e. The van der Waals surface area contributed by atoms with Crippen LogP contribution in [0.15, 0.2) is 18.2 Å². The van der Waals surface area contributed by atoms with Crippen LogP contribution in [0.4, 0.5) is 10.1 Å². The van der Waals surface area contributed by atoms with Crippen LogP contribution in [0.25, 0.3) is 0 Å². The van der Waals surface area contributed by atoms with Crippen LogP contribution in [0.5, 0.6) is 0 Å². The minimum Gasteiger partial charge on any atom is -0.376 e. The third kappa shape index (κ3) is 3.79. The molecule has 8 nitrogen and oxygen atoms in total. The topological polar surface area (TPSA) is 113 Å². The van der Waals surface area contributed by atoms with Gasteiger partial charge in [0.05, 0.1) is 34.9 Å². The second-order valence-electron chi connectivity index (χ2n) is 7.28. The van der Waals surface area contributed by atoms with E-state index in [1.54, 1.807) is 19.9 Å². The van der Waals surface area contributed by atoms with Gasteiger partial charge in [0.15, 0.2) is 0 Å². The molecule has 1 aromatic carbocycles. The number of carbonyl (C=O) groups excluding carboxylic acids is 3. The molecule has 0 aliphatic carbocycles. The van der Waals surface area contributed by atoms with E-state index in [1.165, 1.54) is 23.7 Å². The second-order valence-corrected chi connectivity index (χ2v) is 7.66. The molecule has 30 heavy (non-hydrogen) atoms. The van der Waals surface area contributed by atoms with E-state index in [1.807, 2.05) is 0 Å². The number of benzene rings is 1. The summed E-state index contributed by atoms with van der Waals surface area (Å²) < 4.78 is 19.9. The van der Waals surface area contributed by atoms with E-state index in [0.29, 0.717) is 18.9 Å². The van der Waals surface area contributed by atoms with Crippen LogP contribution in [-0.2, 0) is 16.6 Å². The fraction of sp³-hybridized carbons (Fsp3) is 0.300. The maximum absolute atomic E-state index is 13.5. The number of ether oxygens (including phenoxy) is 1. The monoisotopic (exact) mass is 432 g/mol. The summed E-state index contributed by atoms with van der Waals surface area (Å²) >= 11 is 6.32. The normalized spacial score (nSPS) is 14.4. The van der Waals surface area contributed by atoms with Gasteiger partial charge in [0, 0.05) is 18.4 Å². The van der Waals surface area contributed by atoms with Crippen LogP contribution < -0.4 is 10.6 Å². The van der Waals surface area contributed by atoms with Crippen molar-refractivity contribution in [1.82, 2.24) is 9.88 Å². The van der Waals surface area contributed by atoms with Crippen molar-refractivity contribution in [2.75, 3.05) is 18.5 Å². The molecule has 0 unspecified atom stereocenters. The average Bonchev–Trinajstić information content (AvgIpc) is 2.90. The highest BCUT2D eigenvalue weighted by molar-refractivity contribution is 6.48. The number of nitrogens with zero attached hydrogens (tertiary/aromatic N) is 2. The smallest absolute Gasteiger partial charge is 0.293 e. The summed E-state index contributed by atoms with van der Waals surface area (Å²) in [5.74, 6) is -3.11. The number of anilines is 1. The molecule has 156 valence electrons. The van der Waals surface area contributed by atoms with Crippen LogP contribution in [0.2, 0.25) is 5.02 Å². The molecule has 1 aliphatic rings. The molecule has 0 spiro atoms. The molecule has 1 aliphatic heterocycles. The first-order valence-corrected chi connectivity index (χ1v) is 9.26. The summed E-state index contributed by atoms with van der Waals surface area (Å²) in [7, 11) is 1.53. The minimum absolute atomic E-state index is 0.0497. The van der Waals surface area contributed by atoms with E-state index in [-0.39, 0.29) is 27.5 Å². The summed E-state index contributed by atoms with van der Waals surface area (Å²) in [4.78, 5) is 37.9. The molecular formula is C20H18ClFN4O4. The van der Waals surface area contributed by atoms with Crippen molar-refractivity contribution >= 4 is 34.9 Å². The van der Waals surface area contributed by atoms with E-state index >= 15 is 0 Å². The lowest BCUT2D eigenvalue weighted by Gasteiger charge is -2.38. The Labute approximate surface area is 176 Å². The van der Waals surface area contributed by atoms with Crippen LogP contribution in [0.3, 0.4) is 0 Å². The van der Waals surface area contributed by atoms with Gasteiger partial charge in [-0.05, 0) is 32.0 Å². The van der Waals surface area contributed by atoms with Crippen molar-refractivity contribution in [3.05, 3.63) is 51.6 Å². The van der Waals surface area contributed by atoms with Crippen molar-refractivity contribution in [1.29, 1.82) is 5.26 Å². The average molecular weight is 433 g/mol. The Hall–Kier alpha value is -3.22. The first-order chi connectivity index (χ1) is 14.1. The highest BCUT2D eigenvalue weighted by Crippen LogP contribution is 2.29. The molecule has 1 fully saturated rings. The number of amides is 2. The van der Waals surface area contributed by atoms with Gasteiger partial charge in [-0.2, -0.15) is 5.26 Å². The summed E-state index contributed by atoms with van der Waals surface area (Å²) in [6.07, 6.45) is 0. The third-order valence-electron chi connectivity index (χ3n) is 4.88. The molecule has 3 rings (SSSR count). The number of hydrogen-bond donors (Lipinski definition) is 2. The second kappa shape index (κ2) is 7.89. The van der Waals surface area contributed by atoms with Gasteiger partial charge in [-0.3, -0.25) is 14.4 Å². The fourth-order valence-corrected chi connectivity index (χ4v) is 3.51. The molecule has 2 N–H and O–H groups in total. The zero-order valence-electron chi connectivity index (χ0n) is 16.4. The van der Waals surface area contributed by atoms with Crippen LogP contribution in [-0.4, -0.2) is 40.9 Å². The Kier molecular flexibility index (Phi) is 5.65. The standard InChI is InChI=1S/C20H18ClFN4O4/c1-10-14(17(27)19(29)25-20(2)8-30-9-20)15(21)16(26(10)3)18(28)24-12-4-5-13(22)11(6-12)7-23/h4-6H,8-9H2,1-3H3,(H,24,28)(H,25,29). The van der Waals surface area contributed by atoms with E-state index in [9.17, 15) is 18.8 Å². The van der Waals surface area contributed by atoms with Gasteiger partial charge in [0.25, 0.3) is 17.6 Å². The van der Waals surface area contributed by atoms with Gasteiger partial charge in [-0.25, -0.2) is 4.39 Å². The van der Waals surface area contributed by atoms with Crippen molar-refractivity contribution in [2.24, 2.45) is 7.05 Å².